The molecule has 2 fully saturated rings. The van der Waals surface area contributed by atoms with Crippen LogP contribution in [0.1, 0.15) is 63.5 Å². The molecule has 4 nitrogen and oxygen atoms in total. The lowest BCUT2D eigenvalue weighted by Crippen LogP contribution is -2.40. The maximum absolute atomic E-state index is 14.0. The summed E-state index contributed by atoms with van der Waals surface area (Å²) in [5, 5.41) is 9.94. The average Bonchev–Trinajstić information content (AvgIpc) is 3.22. The Kier molecular flexibility index (Phi) is 6.36. The van der Waals surface area contributed by atoms with E-state index in [2.05, 4.69) is 24.8 Å². The first-order valence-corrected chi connectivity index (χ1v) is 11.5. The van der Waals surface area contributed by atoms with Gasteiger partial charge in [0, 0.05) is 12.5 Å². The zero-order valence-electron chi connectivity index (χ0n) is 18.9. The van der Waals surface area contributed by atoms with Gasteiger partial charge in [0.15, 0.2) is 0 Å². The van der Waals surface area contributed by atoms with E-state index in [4.69, 9.17) is 4.74 Å². The minimum Gasteiger partial charge on any atom is -0.458 e. The lowest BCUT2D eigenvalue weighted by molar-refractivity contribution is -0.156. The van der Waals surface area contributed by atoms with Crippen LogP contribution in [0.5, 0.6) is 0 Å². The number of allylic oxidation sites excluding steroid dienone is 2. The van der Waals surface area contributed by atoms with Crippen LogP contribution in [0.25, 0.3) is 5.57 Å². The van der Waals surface area contributed by atoms with Crippen LogP contribution in [0, 0.1) is 18.2 Å². The lowest BCUT2D eigenvalue weighted by atomic mass is 9.68. The second-order valence-corrected chi connectivity index (χ2v) is 10.0. The molecule has 0 aromatic heterocycles. The van der Waals surface area contributed by atoms with Crippen LogP contribution in [0.2, 0.25) is 0 Å². The zero-order chi connectivity index (χ0) is 22.2. The molecule has 0 amide bonds. The number of carbonyl (C=O) groups is 1. The van der Waals surface area contributed by atoms with Crippen molar-refractivity contribution in [2.75, 3.05) is 13.1 Å². The molecule has 31 heavy (non-hydrogen) atoms. The molecule has 168 valence electrons. The summed E-state index contributed by atoms with van der Waals surface area (Å²) in [6, 6.07) is 5.87. The molecule has 1 unspecified atom stereocenters. The number of carbonyl (C=O) groups excluding carboxylic acids is 1. The Morgan fingerprint density at radius 3 is 2.65 bits per heavy atom. The molecular formula is C26H34FNO3. The summed E-state index contributed by atoms with van der Waals surface area (Å²) in [6.07, 6.45) is 7.95. The molecule has 1 aromatic rings. The molecule has 0 spiro atoms. The summed E-state index contributed by atoms with van der Waals surface area (Å²) in [5.41, 5.74) is 4.10. The van der Waals surface area contributed by atoms with E-state index in [0.29, 0.717) is 18.0 Å². The molecule has 0 radical (unpaired) electrons. The van der Waals surface area contributed by atoms with Gasteiger partial charge in [-0.15, -0.1) is 0 Å². The third kappa shape index (κ3) is 4.93. The maximum atomic E-state index is 14.0. The van der Waals surface area contributed by atoms with Gasteiger partial charge in [0.05, 0.1) is 12.5 Å². The van der Waals surface area contributed by atoms with E-state index in [1.54, 1.807) is 6.07 Å². The van der Waals surface area contributed by atoms with Crippen LogP contribution in [0.3, 0.4) is 0 Å². The Labute approximate surface area is 184 Å². The van der Waals surface area contributed by atoms with E-state index in [1.165, 1.54) is 24.0 Å². The first kappa shape index (κ1) is 22.2. The predicted octanol–water partition coefficient (Wildman–Crippen LogP) is 4.79. The van der Waals surface area contributed by atoms with Crippen LogP contribution >= 0.6 is 0 Å². The number of ether oxygens (including phenoxy) is 1. The number of aliphatic hydroxyl groups excluding tert-OH is 1. The van der Waals surface area contributed by atoms with Crippen LogP contribution in [0.4, 0.5) is 4.39 Å². The van der Waals surface area contributed by atoms with Crippen LogP contribution in [-0.4, -0.2) is 47.3 Å². The van der Waals surface area contributed by atoms with Crippen LogP contribution in [-0.2, 0) is 9.53 Å². The highest BCUT2D eigenvalue weighted by Gasteiger charge is 2.38. The van der Waals surface area contributed by atoms with Crippen molar-refractivity contribution in [3.05, 3.63) is 52.9 Å². The summed E-state index contributed by atoms with van der Waals surface area (Å²) in [5.74, 6) is -0.538. The predicted molar refractivity (Wildman–Crippen MR) is 120 cm³/mol. The highest BCUT2D eigenvalue weighted by molar-refractivity contribution is 5.74. The molecule has 4 rings (SSSR count). The number of aryl methyl sites for hydroxylation is 1. The second kappa shape index (κ2) is 8.87. The Bertz CT molecular complexity index is 898. The standard InChI is InChI=1S/C26H34FNO3/c1-17-12-18(6-9-24(17)27)22-13-19(28-10-4-5-11-28)16-26(2,3)23(22)8-7-21-14-20(29)15-25(30)31-21/h6-9,12,19-21,29H,4-5,10-11,13-16H2,1-3H3/t19?,20-,21-/m0/s1. The van der Waals surface area contributed by atoms with E-state index in [0.717, 1.165) is 31.5 Å². The van der Waals surface area contributed by atoms with Crippen molar-refractivity contribution < 1.29 is 19.0 Å². The van der Waals surface area contributed by atoms with Gasteiger partial charge >= 0.3 is 5.97 Å². The molecule has 1 aromatic carbocycles. The molecule has 3 atom stereocenters. The monoisotopic (exact) mass is 427 g/mol. The first-order valence-electron chi connectivity index (χ1n) is 11.5. The van der Waals surface area contributed by atoms with Gasteiger partial charge in [0.1, 0.15) is 11.9 Å². The van der Waals surface area contributed by atoms with E-state index in [9.17, 15) is 14.3 Å². The Morgan fingerprint density at radius 2 is 1.97 bits per heavy atom. The highest BCUT2D eigenvalue weighted by atomic mass is 19.1. The highest BCUT2D eigenvalue weighted by Crippen LogP contribution is 2.47. The quantitative estimate of drug-likeness (QED) is 0.702. The molecule has 1 aliphatic carbocycles. The third-order valence-electron chi connectivity index (χ3n) is 7.07. The topological polar surface area (TPSA) is 49.8 Å². The Hall–Kier alpha value is -1.98. The van der Waals surface area contributed by atoms with E-state index in [-0.39, 0.29) is 23.6 Å². The molecule has 0 saturated carbocycles. The van der Waals surface area contributed by atoms with Crippen molar-refractivity contribution in [2.45, 2.75) is 77.5 Å². The number of cyclic esters (lactones) is 1. The molecule has 0 bridgehead atoms. The molecule has 2 aliphatic heterocycles. The lowest BCUT2D eigenvalue weighted by Gasteiger charge is -2.42. The summed E-state index contributed by atoms with van der Waals surface area (Å²) in [7, 11) is 0. The van der Waals surface area contributed by atoms with Crippen molar-refractivity contribution in [3.63, 3.8) is 0 Å². The number of hydrogen-bond acceptors (Lipinski definition) is 4. The van der Waals surface area contributed by atoms with E-state index >= 15 is 0 Å². The van der Waals surface area contributed by atoms with Crippen molar-refractivity contribution in [2.24, 2.45) is 5.41 Å². The SMILES string of the molecule is Cc1cc(C2=C(C=C[C@H]3C[C@H](O)CC(=O)O3)C(C)(C)CC(N3CCCC3)C2)ccc1F. The molecule has 3 aliphatic rings. The van der Waals surface area contributed by atoms with Gasteiger partial charge in [0.25, 0.3) is 0 Å². The van der Waals surface area contributed by atoms with Crippen molar-refractivity contribution in [1.82, 2.24) is 4.90 Å². The van der Waals surface area contributed by atoms with Gasteiger partial charge in [-0.2, -0.15) is 0 Å². The van der Waals surface area contributed by atoms with Crippen LogP contribution in [0.15, 0.2) is 35.9 Å². The molecule has 2 saturated heterocycles. The van der Waals surface area contributed by atoms with E-state index < -0.39 is 12.2 Å². The van der Waals surface area contributed by atoms with Crippen LogP contribution < -0.4 is 0 Å². The van der Waals surface area contributed by atoms with Gasteiger partial charge in [-0.25, -0.2) is 4.39 Å². The summed E-state index contributed by atoms with van der Waals surface area (Å²) in [4.78, 5) is 14.3. The minimum absolute atomic E-state index is 0.0656. The van der Waals surface area contributed by atoms with E-state index in [1.807, 2.05) is 25.1 Å². The van der Waals surface area contributed by atoms with Gasteiger partial charge in [-0.3, -0.25) is 4.79 Å². The van der Waals surface area contributed by atoms with Gasteiger partial charge in [-0.1, -0.05) is 26.0 Å². The summed E-state index contributed by atoms with van der Waals surface area (Å²) < 4.78 is 19.4. The minimum atomic E-state index is -0.650. The van der Waals surface area contributed by atoms with Gasteiger partial charge < -0.3 is 14.7 Å². The number of rotatable bonds is 4. The van der Waals surface area contributed by atoms with Gasteiger partial charge in [0.2, 0.25) is 0 Å². The fourth-order valence-electron chi connectivity index (χ4n) is 5.45. The number of halogens is 1. The first-order chi connectivity index (χ1) is 14.7. The van der Waals surface area contributed by atoms with Crippen molar-refractivity contribution in [3.8, 4) is 0 Å². The number of aliphatic hydroxyl groups is 1. The largest absolute Gasteiger partial charge is 0.458 e. The Morgan fingerprint density at radius 1 is 1.23 bits per heavy atom. The number of likely N-dealkylation sites (tertiary alicyclic amines) is 1. The zero-order valence-corrected chi connectivity index (χ0v) is 18.9. The number of benzene rings is 1. The number of hydrogen-bond donors (Lipinski definition) is 1. The maximum Gasteiger partial charge on any atom is 0.309 e. The molecule has 1 N–H and O–H groups in total. The molecular weight excluding hydrogens is 393 g/mol. The van der Waals surface area contributed by atoms with Crippen molar-refractivity contribution in [1.29, 1.82) is 0 Å². The second-order valence-electron chi connectivity index (χ2n) is 10.0. The summed E-state index contributed by atoms with van der Waals surface area (Å²) >= 11 is 0. The fraction of sp³-hybridized carbons (Fsp3) is 0.577. The number of nitrogens with zero attached hydrogens (tertiary/aromatic N) is 1. The fourth-order valence-corrected chi connectivity index (χ4v) is 5.45. The molecule has 2 heterocycles. The Balaban J connectivity index is 1.72. The summed E-state index contributed by atoms with van der Waals surface area (Å²) in [6.45, 7) is 8.65. The number of esters is 1. The average molecular weight is 428 g/mol. The smallest absolute Gasteiger partial charge is 0.309 e. The van der Waals surface area contributed by atoms with Gasteiger partial charge in [-0.05, 0) is 91.6 Å². The normalized spacial score (nSPS) is 29.6. The third-order valence-corrected chi connectivity index (χ3v) is 7.07. The van der Waals surface area contributed by atoms with Crippen molar-refractivity contribution >= 4 is 11.5 Å². The molecule has 5 heteroatoms.